The summed E-state index contributed by atoms with van der Waals surface area (Å²) >= 11 is 0. The van der Waals surface area contributed by atoms with Crippen LogP contribution in [0, 0.1) is 0 Å². The molecule has 0 saturated heterocycles. The predicted octanol–water partition coefficient (Wildman–Crippen LogP) is 4.49. The number of nitrogens with one attached hydrogen (secondary N) is 2. The number of ether oxygens (including phenoxy) is 2. The van der Waals surface area contributed by atoms with Gasteiger partial charge in [0.05, 0.1) is 42.5 Å². The molecule has 0 bridgehead atoms. The number of aliphatic hydroxyl groups excluding tert-OH is 1. The first-order valence-corrected chi connectivity index (χ1v) is 13.2. The number of aromatic nitrogens is 4. The molecule has 2 aromatic heterocycles. The Morgan fingerprint density at radius 1 is 0.895 bits per heavy atom. The summed E-state index contributed by atoms with van der Waals surface area (Å²) in [6.07, 6.45) is 1.92. The number of hydrogen-bond donors (Lipinski definition) is 3. The van der Waals surface area contributed by atoms with E-state index in [1.165, 1.54) is 5.56 Å². The highest BCUT2D eigenvalue weighted by Gasteiger charge is 2.29. The number of aryl methyl sites for hydroxylation is 1. The first-order valence-electron chi connectivity index (χ1n) is 13.9. The van der Waals surface area contributed by atoms with E-state index in [4.69, 9.17) is 16.0 Å². The van der Waals surface area contributed by atoms with Gasteiger partial charge in [-0.25, -0.2) is 9.59 Å². The smallest absolute Gasteiger partial charge is 0.410 e. The van der Waals surface area contributed by atoms with E-state index in [2.05, 4.69) is 27.3 Å². The fourth-order valence-corrected chi connectivity index (χ4v) is 4.16. The Kier molecular flexibility index (Phi) is 10.2. The SMILES string of the molecule is CC(C)(C)OC(=O)N1CCc2c(CO)n[nH]c2C1.CCc1n[nH]c2c1CCN(C(=O)OC(C)(C)C)C2.[2H]CC. The monoisotopic (exact) mass is 535 g/mol. The molecule has 2 aliphatic heterocycles. The molecule has 0 saturated carbocycles. The average molecular weight is 536 g/mol. The minimum Gasteiger partial charge on any atom is -0.444 e. The van der Waals surface area contributed by atoms with E-state index < -0.39 is 11.2 Å². The van der Waals surface area contributed by atoms with E-state index in [1.54, 1.807) is 16.7 Å². The van der Waals surface area contributed by atoms with Crippen molar-refractivity contribution in [2.75, 3.05) is 13.1 Å². The summed E-state index contributed by atoms with van der Waals surface area (Å²) in [4.78, 5) is 27.3. The fraction of sp³-hybridized carbons (Fsp3) is 0.704. The third-order valence-electron chi connectivity index (χ3n) is 5.83. The molecule has 0 aliphatic carbocycles. The van der Waals surface area contributed by atoms with Gasteiger partial charge in [0.25, 0.3) is 0 Å². The largest absolute Gasteiger partial charge is 0.444 e. The molecule has 2 aliphatic rings. The van der Waals surface area contributed by atoms with Crippen molar-refractivity contribution in [3.8, 4) is 0 Å². The standard InChI is InChI=1S/C13H21N3O2.C12H19N3O3.C2H6/c1-5-10-9-6-7-16(8-11(9)15-14-10)12(17)18-13(2,3)4;1-12(2,3)18-11(17)15-5-4-8-9(6-15)13-14-10(8)7-16;1-2/h5-8H2,1-4H3,(H,14,15);16H,4-7H2,1-3H3,(H,13,14);1-2H3/i;;1D. The zero-order chi connectivity index (χ0) is 29.4. The number of amides is 2. The highest BCUT2D eigenvalue weighted by Crippen LogP contribution is 2.23. The predicted molar refractivity (Wildman–Crippen MR) is 145 cm³/mol. The summed E-state index contributed by atoms with van der Waals surface area (Å²) in [7, 11) is 0. The number of hydrogen-bond acceptors (Lipinski definition) is 7. The van der Waals surface area contributed by atoms with E-state index in [9.17, 15) is 9.59 Å². The quantitative estimate of drug-likeness (QED) is 0.515. The van der Waals surface area contributed by atoms with Gasteiger partial charge in [-0.1, -0.05) is 20.7 Å². The molecule has 4 heterocycles. The Balaban J connectivity index is 0.000000249. The Hall–Kier alpha value is -3.08. The van der Waals surface area contributed by atoms with Crippen LogP contribution in [0.25, 0.3) is 0 Å². The van der Waals surface area contributed by atoms with Crippen molar-refractivity contribution in [3.63, 3.8) is 0 Å². The third-order valence-corrected chi connectivity index (χ3v) is 5.83. The van der Waals surface area contributed by atoms with Crippen LogP contribution >= 0.6 is 0 Å². The molecule has 0 unspecified atom stereocenters. The van der Waals surface area contributed by atoms with Gasteiger partial charge >= 0.3 is 12.2 Å². The van der Waals surface area contributed by atoms with Gasteiger partial charge in [-0.3, -0.25) is 10.2 Å². The van der Waals surface area contributed by atoms with Gasteiger partial charge in [0, 0.05) is 20.0 Å². The van der Waals surface area contributed by atoms with Crippen molar-refractivity contribution in [2.24, 2.45) is 0 Å². The molecule has 38 heavy (non-hydrogen) atoms. The van der Waals surface area contributed by atoms with Gasteiger partial charge < -0.3 is 24.4 Å². The summed E-state index contributed by atoms with van der Waals surface area (Å²) in [5, 5.41) is 23.3. The van der Waals surface area contributed by atoms with Crippen molar-refractivity contribution < 1.29 is 25.5 Å². The highest BCUT2D eigenvalue weighted by atomic mass is 16.6. The molecule has 0 spiro atoms. The van der Waals surface area contributed by atoms with E-state index >= 15 is 0 Å². The van der Waals surface area contributed by atoms with Crippen molar-refractivity contribution in [2.45, 2.75) is 112 Å². The minimum absolute atomic E-state index is 0.0712. The molecular formula is C27H46N6O5. The van der Waals surface area contributed by atoms with Gasteiger partial charge in [-0.05, 0) is 66.4 Å². The van der Waals surface area contributed by atoms with Gasteiger partial charge in [-0.15, -0.1) is 0 Å². The maximum absolute atomic E-state index is 12.0. The van der Waals surface area contributed by atoms with Gasteiger partial charge in [0.2, 0.25) is 0 Å². The maximum atomic E-state index is 12.0. The maximum Gasteiger partial charge on any atom is 0.410 e. The topological polar surface area (TPSA) is 137 Å². The summed E-state index contributed by atoms with van der Waals surface area (Å²) < 4.78 is 16.9. The molecule has 0 radical (unpaired) electrons. The molecule has 214 valence electrons. The van der Waals surface area contributed by atoms with E-state index in [-0.39, 0.29) is 18.8 Å². The lowest BCUT2D eigenvalue weighted by Gasteiger charge is -2.29. The molecule has 0 atom stereocenters. The van der Waals surface area contributed by atoms with Crippen LogP contribution in [0.1, 0.15) is 97.6 Å². The minimum atomic E-state index is -0.485. The number of nitrogens with zero attached hydrogens (tertiary/aromatic N) is 4. The second-order valence-corrected chi connectivity index (χ2v) is 11.1. The molecular weight excluding hydrogens is 488 g/mol. The Morgan fingerprint density at radius 2 is 1.29 bits per heavy atom. The van der Waals surface area contributed by atoms with Crippen LogP contribution in [0.5, 0.6) is 0 Å². The molecule has 11 heteroatoms. The van der Waals surface area contributed by atoms with Gasteiger partial charge in [0.1, 0.15) is 11.2 Å². The molecule has 0 aromatic carbocycles. The zero-order valence-corrected chi connectivity index (χ0v) is 24.2. The summed E-state index contributed by atoms with van der Waals surface area (Å²) in [5.41, 5.74) is 5.10. The summed E-state index contributed by atoms with van der Waals surface area (Å²) in [6.45, 7) is 17.8. The lowest BCUT2D eigenvalue weighted by molar-refractivity contribution is 0.0211. The number of H-pyrrole nitrogens is 2. The number of carbonyl (C=O) groups excluding carboxylic acids is 2. The van der Waals surface area contributed by atoms with Crippen molar-refractivity contribution >= 4 is 12.2 Å². The van der Waals surface area contributed by atoms with Gasteiger partial charge in [-0.2, -0.15) is 10.2 Å². The Bertz CT molecular complexity index is 1000. The van der Waals surface area contributed by atoms with E-state index in [1.807, 2.05) is 41.5 Å². The molecule has 3 N–H and O–H groups in total. The lowest BCUT2D eigenvalue weighted by atomic mass is 10.0. The van der Waals surface area contributed by atoms with Crippen molar-refractivity contribution in [3.05, 3.63) is 33.9 Å². The van der Waals surface area contributed by atoms with Crippen LogP contribution in [0.4, 0.5) is 9.59 Å². The first-order chi connectivity index (χ1) is 18.2. The van der Waals surface area contributed by atoms with Crippen LogP contribution in [-0.2, 0) is 48.4 Å². The third kappa shape index (κ3) is 8.47. The molecule has 0 fully saturated rings. The van der Waals surface area contributed by atoms with Crippen LogP contribution in [-0.4, -0.2) is 71.8 Å². The number of fused-ring (bicyclic) bond motifs is 2. The number of aliphatic hydroxyl groups is 1. The number of aromatic amines is 2. The van der Waals surface area contributed by atoms with Gasteiger partial charge in [0.15, 0.2) is 0 Å². The Morgan fingerprint density at radius 3 is 1.66 bits per heavy atom. The second-order valence-electron chi connectivity index (χ2n) is 11.1. The summed E-state index contributed by atoms with van der Waals surface area (Å²) in [5.74, 6) is 0. The molecule has 11 nitrogen and oxygen atoms in total. The molecule has 4 rings (SSSR count). The average Bonchev–Trinajstić information content (AvgIpc) is 3.45. The van der Waals surface area contributed by atoms with Crippen molar-refractivity contribution in [1.29, 1.82) is 0 Å². The number of rotatable bonds is 2. The molecule has 2 aromatic rings. The fourth-order valence-electron chi connectivity index (χ4n) is 4.16. The van der Waals surface area contributed by atoms with Crippen LogP contribution in [0.15, 0.2) is 0 Å². The molecule has 2 amide bonds. The summed E-state index contributed by atoms with van der Waals surface area (Å²) in [6, 6.07) is 0. The Labute approximate surface area is 227 Å². The lowest BCUT2D eigenvalue weighted by Crippen LogP contribution is -2.39. The van der Waals surface area contributed by atoms with E-state index in [0.29, 0.717) is 45.2 Å². The van der Waals surface area contributed by atoms with Crippen LogP contribution in [0.3, 0.4) is 0 Å². The zero-order valence-electron chi connectivity index (χ0n) is 25.2. The highest BCUT2D eigenvalue weighted by molar-refractivity contribution is 5.69. The normalized spacial score (nSPS) is 15.1. The first kappa shape index (κ1) is 29.5. The van der Waals surface area contributed by atoms with Crippen LogP contribution in [0.2, 0.25) is 0 Å². The van der Waals surface area contributed by atoms with Crippen molar-refractivity contribution in [1.82, 2.24) is 30.2 Å². The second kappa shape index (κ2) is 13.1. The van der Waals surface area contributed by atoms with E-state index in [0.717, 1.165) is 35.5 Å². The number of carbonyl (C=O) groups is 2. The van der Waals surface area contributed by atoms with Crippen LogP contribution < -0.4 is 0 Å².